The summed E-state index contributed by atoms with van der Waals surface area (Å²) in [6, 6.07) is 2.99. The standard InChI is InChI=1S/C17H19N3O4S2/c1-15(14(23)24-4)9-17-13(22)19(3)16(2,25-26-17)12(21)20(17)11(15)10-6-5-7-18-8-10/h5-8,11H,9H2,1-4H3/t11-,15-,16?,17?/m0/s1. The number of likely N-dealkylation sites (N-methyl/N-ethyl adjacent to an activating group) is 1. The van der Waals surface area contributed by atoms with Gasteiger partial charge in [-0.25, -0.2) is 0 Å². The average Bonchev–Trinajstić information content (AvgIpc) is 2.93. The van der Waals surface area contributed by atoms with E-state index in [1.807, 2.05) is 6.07 Å². The van der Waals surface area contributed by atoms with Gasteiger partial charge in [0.2, 0.25) is 0 Å². The fraction of sp³-hybridized carbons (Fsp3) is 0.529. The van der Waals surface area contributed by atoms with Gasteiger partial charge in [0.1, 0.15) is 0 Å². The first-order chi connectivity index (χ1) is 12.2. The van der Waals surface area contributed by atoms with Gasteiger partial charge in [-0.1, -0.05) is 27.7 Å². The van der Waals surface area contributed by atoms with Crippen LogP contribution in [0.2, 0.25) is 0 Å². The van der Waals surface area contributed by atoms with Crippen LogP contribution in [0.1, 0.15) is 31.9 Å². The minimum atomic E-state index is -1.11. The number of ether oxygens (including phenoxy) is 1. The molecule has 0 saturated carbocycles. The third-order valence-electron chi connectivity index (χ3n) is 5.75. The van der Waals surface area contributed by atoms with Crippen molar-refractivity contribution in [1.82, 2.24) is 14.8 Å². The highest BCUT2D eigenvalue weighted by Crippen LogP contribution is 2.69. The third kappa shape index (κ3) is 1.87. The van der Waals surface area contributed by atoms with Crippen molar-refractivity contribution in [1.29, 1.82) is 0 Å². The number of methoxy groups -OCH3 is 1. The number of pyridine rings is 1. The molecule has 7 nitrogen and oxygen atoms in total. The summed E-state index contributed by atoms with van der Waals surface area (Å²) in [6.45, 7) is 3.52. The van der Waals surface area contributed by atoms with Crippen LogP contribution in [0.25, 0.3) is 0 Å². The zero-order valence-corrected chi connectivity index (χ0v) is 16.5. The van der Waals surface area contributed by atoms with Gasteiger partial charge in [0.05, 0.1) is 18.6 Å². The largest absolute Gasteiger partial charge is 0.469 e. The second-order valence-electron chi connectivity index (χ2n) is 7.25. The van der Waals surface area contributed by atoms with E-state index in [9.17, 15) is 14.4 Å². The lowest BCUT2D eigenvalue weighted by Gasteiger charge is -2.57. The average molecular weight is 393 g/mol. The third-order valence-corrected chi connectivity index (χ3v) is 9.44. The van der Waals surface area contributed by atoms with E-state index in [1.165, 1.54) is 33.6 Å². The predicted octanol–water partition coefficient (Wildman–Crippen LogP) is 1.81. The maximum Gasteiger partial charge on any atom is 0.314 e. The first kappa shape index (κ1) is 17.7. The first-order valence-electron chi connectivity index (χ1n) is 8.19. The second kappa shape index (κ2) is 5.39. The van der Waals surface area contributed by atoms with Crippen LogP contribution in [0, 0.1) is 5.41 Å². The predicted molar refractivity (Wildman–Crippen MR) is 97.7 cm³/mol. The Morgan fingerprint density at radius 1 is 1.31 bits per heavy atom. The number of esters is 1. The van der Waals surface area contributed by atoms with E-state index in [-0.39, 0.29) is 18.2 Å². The Morgan fingerprint density at radius 2 is 2.04 bits per heavy atom. The molecule has 9 heteroatoms. The Hall–Kier alpha value is -1.74. The van der Waals surface area contributed by atoms with Crippen LogP contribution in [0.5, 0.6) is 0 Å². The molecule has 0 aliphatic carbocycles. The molecule has 4 aliphatic heterocycles. The molecule has 0 aromatic carbocycles. The van der Waals surface area contributed by atoms with Crippen LogP contribution in [0.4, 0.5) is 0 Å². The zero-order chi connectivity index (χ0) is 18.9. The van der Waals surface area contributed by atoms with Gasteiger partial charge in [0.15, 0.2) is 9.74 Å². The number of nitrogens with zero attached hydrogens (tertiary/aromatic N) is 3. The maximum atomic E-state index is 13.4. The van der Waals surface area contributed by atoms with Crippen molar-refractivity contribution in [2.24, 2.45) is 5.41 Å². The molecule has 2 unspecified atom stereocenters. The first-order valence-corrected chi connectivity index (χ1v) is 10.3. The van der Waals surface area contributed by atoms with Crippen molar-refractivity contribution >= 4 is 39.4 Å². The molecule has 5 rings (SSSR count). The zero-order valence-electron chi connectivity index (χ0n) is 14.9. The highest BCUT2D eigenvalue weighted by molar-refractivity contribution is 8.78. The molecule has 2 amide bonds. The molecule has 4 saturated heterocycles. The van der Waals surface area contributed by atoms with E-state index in [4.69, 9.17) is 4.74 Å². The van der Waals surface area contributed by atoms with Crippen LogP contribution >= 0.6 is 21.6 Å². The van der Waals surface area contributed by atoms with Crippen LogP contribution in [-0.4, -0.2) is 56.5 Å². The van der Waals surface area contributed by atoms with E-state index in [0.717, 1.165) is 5.56 Å². The van der Waals surface area contributed by atoms with Crippen LogP contribution < -0.4 is 0 Å². The van der Waals surface area contributed by atoms with E-state index in [1.54, 1.807) is 44.3 Å². The fourth-order valence-corrected chi connectivity index (χ4v) is 7.86. The number of hydrogen-bond donors (Lipinski definition) is 0. The van der Waals surface area contributed by atoms with Crippen molar-refractivity contribution in [3.05, 3.63) is 30.1 Å². The number of rotatable bonds is 2. The molecule has 1 aromatic heterocycles. The van der Waals surface area contributed by atoms with E-state index in [0.29, 0.717) is 0 Å². The molecular weight excluding hydrogens is 374 g/mol. The Labute approximate surface area is 159 Å². The van der Waals surface area contributed by atoms with Gasteiger partial charge in [-0.2, -0.15) is 0 Å². The van der Waals surface area contributed by atoms with Gasteiger partial charge in [-0.15, -0.1) is 0 Å². The van der Waals surface area contributed by atoms with Crippen molar-refractivity contribution in [2.75, 3.05) is 14.2 Å². The summed E-state index contributed by atoms with van der Waals surface area (Å²) in [4.78, 5) is 44.7. The SMILES string of the molecule is COC(=O)[C@@]1(C)CC23SSC(C)(C(=O)N2[C@H]1c1cccnc1)N(C)C3=O. The number of hydrogen-bond acceptors (Lipinski definition) is 7. The summed E-state index contributed by atoms with van der Waals surface area (Å²) in [5, 5.41) is 0. The van der Waals surface area contributed by atoms with Crippen molar-refractivity contribution in [3.8, 4) is 0 Å². The van der Waals surface area contributed by atoms with E-state index >= 15 is 0 Å². The van der Waals surface area contributed by atoms with Crippen molar-refractivity contribution in [3.63, 3.8) is 0 Å². The smallest absolute Gasteiger partial charge is 0.314 e. The minimum absolute atomic E-state index is 0.148. The van der Waals surface area contributed by atoms with Gasteiger partial charge in [-0.3, -0.25) is 19.4 Å². The number of aromatic nitrogens is 1. The fourth-order valence-electron chi connectivity index (χ4n) is 4.27. The summed E-state index contributed by atoms with van der Waals surface area (Å²) in [6.07, 6.45) is 3.49. The second-order valence-corrected chi connectivity index (χ2v) is 10.1. The number of amides is 2. The molecule has 5 heterocycles. The van der Waals surface area contributed by atoms with Crippen molar-refractivity contribution < 1.29 is 19.1 Å². The normalized spacial score (nSPS) is 38.5. The van der Waals surface area contributed by atoms with Crippen molar-refractivity contribution in [2.45, 2.75) is 36.1 Å². The molecule has 138 valence electrons. The summed E-state index contributed by atoms with van der Waals surface area (Å²) < 4.78 is 5.08. The van der Waals surface area contributed by atoms with Gasteiger partial charge in [-0.05, 0) is 25.5 Å². The van der Waals surface area contributed by atoms with E-state index in [2.05, 4.69) is 4.98 Å². The summed E-state index contributed by atoms with van der Waals surface area (Å²) in [7, 11) is 5.74. The van der Waals surface area contributed by atoms with Gasteiger partial charge >= 0.3 is 5.97 Å². The van der Waals surface area contributed by atoms with Crippen LogP contribution in [0.15, 0.2) is 24.5 Å². The number of carbonyl (C=O) groups excluding carboxylic acids is 3. The number of piperazine rings is 1. The topological polar surface area (TPSA) is 79.8 Å². The molecule has 4 aliphatic rings. The summed E-state index contributed by atoms with van der Waals surface area (Å²) in [5.41, 5.74) is -0.324. The molecule has 4 fully saturated rings. The Bertz CT molecular complexity index is 821. The molecule has 2 bridgehead atoms. The Morgan fingerprint density at radius 3 is 2.65 bits per heavy atom. The number of fused-ring (bicyclic) bond motifs is 2. The molecular formula is C17H19N3O4S2. The molecule has 0 radical (unpaired) electrons. The highest BCUT2D eigenvalue weighted by atomic mass is 33.1. The lowest BCUT2D eigenvalue weighted by molar-refractivity contribution is -0.165. The Kier molecular flexibility index (Phi) is 3.66. The molecule has 0 N–H and O–H groups in total. The Balaban J connectivity index is 1.96. The molecule has 26 heavy (non-hydrogen) atoms. The molecule has 1 spiro atoms. The van der Waals surface area contributed by atoms with Gasteiger partial charge < -0.3 is 14.5 Å². The monoisotopic (exact) mass is 393 g/mol. The molecule has 4 atom stereocenters. The maximum absolute atomic E-state index is 13.4. The van der Waals surface area contributed by atoms with E-state index < -0.39 is 27.2 Å². The van der Waals surface area contributed by atoms with Gasteiger partial charge in [0, 0.05) is 25.9 Å². The number of carbonyl (C=O) groups is 3. The van der Waals surface area contributed by atoms with Crippen LogP contribution in [0.3, 0.4) is 0 Å². The lowest BCUT2D eigenvalue weighted by atomic mass is 9.78. The van der Waals surface area contributed by atoms with Crippen LogP contribution in [-0.2, 0) is 19.1 Å². The van der Waals surface area contributed by atoms with Gasteiger partial charge in [0.25, 0.3) is 11.8 Å². The highest BCUT2D eigenvalue weighted by Gasteiger charge is 2.76. The molecule has 1 aromatic rings. The lowest BCUT2D eigenvalue weighted by Crippen LogP contribution is -2.73. The summed E-state index contributed by atoms with van der Waals surface area (Å²) in [5.74, 6) is -0.743. The minimum Gasteiger partial charge on any atom is -0.469 e. The quantitative estimate of drug-likeness (QED) is 0.560. The summed E-state index contributed by atoms with van der Waals surface area (Å²) >= 11 is 0.